The average Bonchev–Trinajstić information content (AvgIpc) is 1.47. The standard InChI is InChI=1S/C19H11ClFN5O4S2.C18H15FN4O6S2.C10H6ClNO2.C10H8ClNO.C4H8O.B/c20-17-4-10-2-1-3-11(12(10)7-22-17)8-26-14-5-13(21)16(6-15(14)30-19(26)27)32(28,29)25-18-23-9-24-31-18;1-27-11-4-3-10(14(5-11)28-2)8-23(17-20-9-21-30-17)31(25,26)16-7-15-13(6-12(16)19)22-18(24)29-15;11-9-4-6-2-1-3-7(10(13)14)8(6)5-12-9;11-10-4-7-2-1-3-8(6-13)9(7)5-12-10;1-2-4-5-3-1;/h1-7,9H,8H2,(H,23,24,25);3-7,9H,8H2,1-2H3,(H,22,24);1-5H,(H,13,14);1-5,13H,6H2;1-4H2;. The van der Waals surface area contributed by atoms with Gasteiger partial charge in [0.2, 0.25) is 10.3 Å². The highest BCUT2D eigenvalue weighted by Gasteiger charge is 2.32. The van der Waals surface area contributed by atoms with Crippen LogP contribution >= 0.6 is 57.9 Å². The Hall–Kier alpha value is -9.51. The number of carboxylic acids is 1. The smallest absolute Gasteiger partial charge is 0.420 e. The number of hydrogen-bond acceptors (Lipinski definition) is 22. The van der Waals surface area contributed by atoms with Crippen molar-refractivity contribution in [2.75, 3.05) is 36.5 Å². The molecule has 7 aromatic heterocycles. The van der Waals surface area contributed by atoms with Crippen molar-refractivity contribution in [3.63, 3.8) is 0 Å². The molecule has 25 nitrogen and oxygen atoms in total. The lowest BCUT2D eigenvalue weighted by Crippen LogP contribution is -2.31. The van der Waals surface area contributed by atoms with E-state index in [1.165, 1.54) is 44.2 Å². The Morgan fingerprint density at radius 3 is 1.88 bits per heavy atom. The number of rotatable bonds is 14. The molecule has 96 heavy (non-hydrogen) atoms. The molecule has 493 valence electrons. The van der Waals surface area contributed by atoms with Crippen LogP contribution in [-0.2, 0) is 44.5 Å². The molecule has 6 aromatic carbocycles. The summed E-state index contributed by atoms with van der Waals surface area (Å²) >= 11 is 19.0. The third kappa shape index (κ3) is 16.6. The largest absolute Gasteiger partial charge is 0.497 e. The van der Waals surface area contributed by atoms with E-state index >= 15 is 0 Å². The van der Waals surface area contributed by atoms with E-state index in [0.29, 0.717) is 37.9 Å². The van der Waals surface area contributed by atoms with Gasteiger partial charge in [-0.15, -0.1) is 0 Å². The van der Waals surface area contributed by atoms with Crippen LogP contribution in [0.4, 0.5) is 19.0 Å². The van der Waals surface area contributed by atoms with Gasteiger partial charge in [0, 0.05) is 115 Å². The molecular formula is C61H48BCl3F2N11O14S4. The minimum atomic E-state index is -4.47. The average molecular weight is 1440 g/mol. The normalized spacial score (nSPS) is 11.9. The van der Waals surface area contributed by atoms with Crippen LogP contribution < -0.4 is 30.0 Å². The van der Waals surface area contributed by atoms with Gasteiger partial charge in [0.1, 0.15) is 61.0 Å². The number of anilines is 2. The molecule has 1 aliphatic rings. The summed E-state index contributed by atoms with van der Waals surface area (Å²) in [5, 5.41) is 24.0. The first-order valence-electron chi connectivity index (χ1n) is 27.6. The predicted octanol–water partition coefficient (Wildman–Crippen LogP) is 11.5. The van der Waals surface area contributed by atoms with Gasteiger partial charge in [0.15, 0.2) is 11.2 Å². The van der Waals surface area contributed by atoms with Crippen molar-refractivity contribution in [2.45, 2.75) is 42.3 Å². The summed E-state index contributed by atoms with van der Waals surface area (Å²) in [4.78, 5) is 55.3. The number of aliphatic hydroxyl groups excluding tert-OH is 1. The van der Waals surface area contributed by atoms with Crippen LogP contribution in [0.5, 0.6) is 11.5 Å². The second-order valence-electron chi connectivity index (χ2n) is 19.9. The lowest BCUT2D eigenvalue weighted by molar-refractivity contribution is 0.0698. The van der Waals surface area contributed by atoms with Gasteiger partial charge in [-0.25, -0.2) is 69.2 Å². The maximum absolute atomic E-state index is 14.8. The first-order chi connectivity index (χ1) is 45.6. The first-order valence-corrected chi connectivity index (χ1v) is 33.2. The fourth-order valence-electron chi connectivity index (χ4n) is 9.45. The Morgan fingerprint density at radius 1 is 0.698 bits per heavy atom. The van der Waals surface area contributed by atoms with Crippen molar-refractivity contribution in [2.24, 2.45) is 0 Å². The Morgan fingerprint density at radius 2 is 1.29 bits per heavy atom. The number of aliphatic hydroxyl groups is 1. The Bertz CT molecular complexity index is 5300. The highest BCUT2D eigenvalue weighted by molar-refractivity contribution is 7.93. The van der Waals surface area contributed by atoms with Gasteiger partial charge in [-0.1, -0.05) is 83.3 Å². The highest BCUT2D eigenvalue weighted by Crippen LogP contribution is 2.34. The zero-order valence-electron chi connectivity index (χ0n) is 49.7. The number of ether oxygens (including phenoxy) is 3. The summed E-state index contributed by atoms with van der Waals surface area (Å²) in [7, 11) is -5.86. The van der Waals surface area contributed by atoms with Gasteiger partial charge < -0.3 is 33.3 Å². The quantitative estimate of drug-likeness (QED) is 0.0580. The second-order valence-corrected chi connectivity index (χ2v) is 26.1. The molecule has 13 aromatic rings. The van der Waals surface area contributed by atoms with Crippen LogP contribution in [0.1, 0.15) is 39.9 Å². The zero-order valence-corrected chi connectivity index (χ0v) is 55.3. The first kappa shape index (κ1) is 70.8. The van der Waals surface area contributed by atoms with Crippen molar-refractivity contribution in [1.82, 2.24) is 43.2 Å². The number of pyridine rings is 3. The SMILES string of the molecule is C1CCOC1.COc1ccc(CN(c2ncns2)S(=O)(=O)c2cc3oc(=O)[nH]c3cc2F)c(OC)c1.O=C(O)c1cccc2cc(Cl)ncc12.O=c1oc2cc(S(=O)(=O)Nc3ncns3)c(F)cc2n1Cc1cccc2cc(Cl)ncc12.OCc1cccc2cc(Cl)ncc12.[B]. The Balaban J connectivity index is 0.000000155. The summed E-state index contributed by atoms with van der Waals surface area (Å²) < 4.78 is 119. The molecule has 0 aliphatic carbocycles. The molecular weight excluding hydrogens is 1390 g/mol. The zero-order chi connectivity index (χ0) is 67.6. The van der Waals surface area contributed by atoms with E-state index in [4.69, 9.17) is 68.1 Å². The third-order valence-electron chi connectivity index (χ3n) is 13.9. The van der Waals surface area contributed by atoms with Gasteiger partial charge >= 0.3 is 17.5 Å². The van der Waals surface area contributed by atoms with Crippen molar-refractivity contribution in [3.8, 4) is 11.5 Å². The van der Waals surface area contributed by atoms with Crippen LogP contribution in [0, 0.1) is 11.6 Å². The molecule has 0 spiro atoms. The number of carbonyl (C=O) groups is 1. The summed E-state index contributed by atoms with van der Waals surface area (Å²) in [6.07, 6.45) is 9.66. The lowest BCUT2D eigenvalue weighted by atomic mass is 10.1. The van der Waals surface area contributed by atoms with Gasteiger partial charge in [-0.2, -0.15) is 8.75 Å². The van der Waals surface area contributed by atoms with Crippen LogP contribution in [0.15, 0.2) is 175 Å². The molecule has 3 radical (unpaired) electrons. The van der Waals surface area contributed by atoms with Gasteiger partial charge in [0.05, 0.1) is 50.5 Å². The molecule has 0 saturated carbocycles. The monoisotopic (exact) mass is 1440 g/mol. The molecule has 0 bridgehead atoms. The summed E-state index contributed by atoms with van der Waals surface area (Å²) in [6.45, 7) is 1.86. The number of aromatic nitrogens is 9. The lowest BCUT2D eigenvalue weighted by Gasteiger charge is -2.22. The fraction of sp³-hybridized carbons (Fsp3) is 0.148. The summed E-state index contributed by atoms with van der Waals surface area (Å²) in [5.74, 6) is -3.75. The number of carboxylic acid groups (broad SMARTS) is 1. The van der Waals surface area contributed by atoms with E-state index in [-0.39, 0.29) is 66.1 Å². The Kier molecular flexibility index (Phi) is 23.1. The number of hydrogen-bond donors (Lipinski definition) is 4. The van der Waals surface area contributed by atoms with Crippen LogP contribution in [-0.4, -0.2) is 112 Å². The van der Waals surface area contributed by atoms with Gasteiger partial charge in [-0.3, -0.25) is 14.3 Å². The van der Waals surface area contributed by atoms with E-state index in [0.717, 1.165) is 109 Å². The van der Waals surface area contributed by atoms with Gasteiger partial charge in [-0.05, 0) is 76.5 Å². The molecule has 1 fully saturated rings. The fourth-order valence-corrected chi connectivity index (χ4v) is 13.9. The Labute approximate surface area is 567 Å². The van der Waals surface area contributed by atoms with E-state index in [9.17, 15) is 40.0 Å². The van der Waals surface area contributed by atoms with E-state index in [1.807, 2.05) is 24.3 Å². The van der Waals surface area contributed by atoms with Crippen molar-refractivity contribution in [1.29, 1.82) is 0 Å². The van der Waals surface area contributed by atoms with Gasteiger partial charge in [0.25, 0.3) is 20.0 Å². The number of H-pyrrole nitrogens is 1. The minimum Gasteiger partial charge on any atom is -0.497 e. The van der Waals surface area contributed by atoms with Crippen molar-refractivity contribution in [3.05, 3.63) is 217 Å². The molecule has 1 aliphatic heterocycles. The molecule has 0 amide bonds. The molecule has 14 rings (SSSR count). The van der Waals surface area contributed by atoms with Crippen LogP contribution in [0.2, 0.25) is 15.5 Å². The number of sulfonamides is 2. The highest BCUT2D eigenvalue weighted by atomic mass is 35.5. The molecule has 35 heteroatoms. The minimum absolute atomic E-state index is 0. The number of oxazole rings is 2. The maximum Gasteiger partial charge on any atom is 0.420 e. The topological polar surface area (TPSA) is 340 Å². The molecule has 4 N–H and O–H groups in total. The summed E-state index contributed by atoms with van der Waals surface area (Å²) in [6, 6.07) is 29.9. The number of methoxy groups -OCH3 is 2. The number of nitrogens with zero attached hydrogens (tertiary/aromatic N) is 9. The molecule has 0 unspecified atom stereocenters. The van der Waals surface area contributed by atoms with Crippen molar-refractivity contribution >= 4 is 157 Å². The number of aromatic carboxylic acids is 1. The molecule has 8 heterocycles. The number of halogens is 5. The second kappa shape index (κ2) is 31.4. The number of nitrogens with one attached hydrogen (secondary N) is 2. The molecule has 1 saturated heterocycles. The number of fused-ring (bicyclic) bond motifs is 5. The molecule has 0 atom stereocenters. The number of aromatic amines is 1. The predicted molar refractivity (Wildman–Crippen MR) is 359 cm³/mol. The number of benzene rings is 6. The van der Waals surface area contributed by atoms with Crippen molar-refractivity contribution < 1.29 is 63.7 Å². The van der Waals surface area contributed by atoms with E-state index in [2.05, 4.69) is 43.4 Å². The van der Waals surface area contributed by atoms with Crippen LogP contribution in [0.3, 0.4) is 0 Å². The van der Waals surface area contributed by atoms with Crippen LogP contribution in [0.25, 0.3) is 54.5 Å². The van der Waals surface area contributed by atoms with E-state index in [1.54, 1.807) is 79.1 Å². The van der Waals surface area contributed by atoms with E-state index < -0.39 is 59.0 Å². The summed E-state index contributed by atoms with van der Waals surface area (Å²) in [5.41, 5.74) is 2.32. The third-order valence-corrected chi connectivity index (χ3v) is 19.2. The maximum atomic E-state index is 14.8.